The Bertz CT molecular complexity index is 323. The van der Waals surface area contributed by atoms with E-state index in [4.69, 9.17) is 0 Å². The zero-order chi connectivity index (χ0) is 10.7. The number of hydrogen-bond acceptors (Lipinski definition) is 2. The van der Waals surface area contributed by atoms with Gasteiger partial charge in [0.2, 0.25) is 5.95 Å². The molecule has 1 heterocycles. The number of aromatic nitrogens is 1. The van der Waals surface area contributed by atoms with Crippen molar-refractivity contribution in [3.8, 4) is 0 Å². The van der Waals surface area contributed by atoms with E-state index >= 15 is 0 Å². The van der Waals surface area contributed by atoms with Gasteiger partial charge in [-0.25, -0.2) is 4.98 Å². The van der Waals surface area contributed by atoms with Crippen LogP contribution >= 0.6 is 0 Å². The van der Waals surface area contributed by atoms with Crippen LogP contribution in [-0.4, -0.2) is 11.0 Å². The zero-order valence-corrected chi connectivity index (χ0v) is 9.04. The van der Waals surface area contributed by atoms with Gasteiger partial charge in [0, 0.05) is 6.04 Å². The van der Waals surface area contributed by atoms with Crippen LogP contribution in [0.1, 0.15) is 32.6 Å². The third kappa shape index (κ3) is 3.18. The molecule has 1 aromatic rings. The third-order valence-electron chi connectivity index (χ3n) is 2.87. The monoisotopic (exact) mass is 208 g/mol. The molecule has 1 fully saturated rings. The van der Waals surface area contributed by atoms with Gasteiger partial charge in [-0.1, -0.05) is 25.8 Å². The van der Waals surface area contributed by atoms with E-state index in [2.05, 4.69) is 17.2 Å². The maximum Gasteiger partial charge on any atom is 0.214 e. The summed E-state index contributed by atoms with van der Waals surface area (Å²) in [5.74, 6) is 1.12. The highest BCUT2D eigenvalue weighted by atomic mass is 19.1. The second-order valence-corrected chi connectivity index (χ2v) is 4.27. The quantitative estimate of drug-likeness (QED) is 0.751. The van der Waals surface area contributed by atoms with Gasteiger partial charge in [0.1, 0.15) is 5.82 Å². The molecule has 15 heavy (non-hydrogen) atoms. The second-order valence-electron chi connectivity index (χ2n) is 4.27. The lowest BCUT2D eigenvalue weighted by molar-refractivity contribution is 0.569. The van der Waals surface area contributed by atoms with Crippen LogP contribution in [0.2, 0.25) is 0 Å². The number of nitrogens with zero attached hydrogens (tertiary/aromatic N) is 1. The maximum atomic E-state index is 12.8. The zero-order valence-electron chi connectivity index (χ0n) is 9.04. The SMILES string of the molecule is CCC(CC1CC1)Nc1cccc(F)n1. The van der Waals surface area contributed by atoms with Crippen molar-refractivity contribution >= 4 is 5.82 Å². The summed E-state index contributed by atoms with van der Waals surface area (Å²) in [6.07, 6.45) is 4.97. The molecule has 1 N–H and O–H groups in total. The van der Waals surface area contributed by atoms with Crippen molar-refractivity contribution in [3.05, 3.63) is 24.1 Å². The summed E-state index contributed by atoms with van der Waals surface area (Å²) in [5, 5.41) is 3.29. The largest absolute Gasteiger partial charge is 0.367 e. The molecule has 0 radical (unpaired) electrons. The molecular formula is C12H17FN2. The molecule has 1 saturated carbocycles. The van der Waals surface area contributed by atoms with Gasteiger partial charge >= 0.3 is 0 Å². The molecule has 0 spiro atoms. The van der Waals surface area contributed by atoms with Crippen LogP contribution in [-0.2, 0) is 0 Å². The average molecular weight is 208 g/mol. The minimum absolute atomic E-state index is 0.415. The number of hydrogen-bond donors (Lipinski definition) is 1. The predicted molar refractivity (Wildman–Crippen MR) is 59.2 cm³/mol. The first-order valence-electron chi connectivity index (χ1n) is 5.67. The molecule has 1 unspecified atom stereocenters. The Labute approximate surface area is 89.9 Å². The first-order chi connectivity index (χ1) is 7.28. The Kier molecular flexibility index (Phi) is 3.19. The third-order valence-corrected chi connectivity index (χ3v) is 2.87. The number of nitrogens with one attached hydrogen (secondary N) is 1. The number of pyridine rings is 1. The summed E-state index contributed by atoms with van der Waals surface area (Å²) >= 11 is 0. The lowest BCUT2D eigenvalue weighted by Gasteiger charge is -2.16. The molecule has 3 heteroatoms. The topological polar surface area (TPSA) is 24.9 Å². The first kappa shape index (κ1) is 10.4. The Morgan fingerprint density at radius 1 is 1.53 bits per heavy atom. The molecule has 0 aromatic carbocycles. The normalized spacial score (nSPS) is 17.5. The first-order valence-corrected chi connectivity index (χ1v) is 5.67. The fourth-order valence-electron chi connectivity index (χ4n) is 1.78. The van der Waals surface area contributed by atoms with Gasteiger partial charge in [0.05, 0.1) is 0 Å². The maximum absolute atomic E-state index is 12.8. The average Bonchev–Trinajstić information content (AvgIpc) is 3.01. The van der Waals surface area contributed by atoms with E-state index in [1.165, 1.54) is 25.3 Å². The minimum Gasteiger partial charge on any atom is -0.367 e. The second kappa shape index (κ2) is 4.60. The number of rotatable bonds is 5. The fourth-order valence-corrected chi connectivity index (χ4v) is 1.78. The van der Waals surface area contributed by atoms with Crippen LogP contribution < -0.4 is 5.32 Å². The Balaban J connectivity index is 1.92. The van der Waals surface area contributed by atoms with E-state index in [1.54, 1.807) is 6.07 Å². The van der Waals surface area contributed by atoms with Crippen molar-refractivity contribution in [2.75, 3.05) is 5.32 Å². The van der Waals surface area contributed by atoms with Crippen molar-refractivity contribution < 1.29 is 4.39 Å². The highest BCUT2D eigenvalue weighted by Crippen LogP contribution is 2.34. The standard InChI is InChI=1S/C12H17FN2/c1-2-10(8-9-6-7-9)14-12-5-3-4-11(13)15-12/h3-5,9-10H,2,6-8H2,1H3,(H,14,15). The van der Waals surface area contributed by atoms with Gasteiger partial charge in [-0.3, -0.25) is 0 Å². The Morgan fingerprint density at radius 2 is 2.33 bits per heavy atom. The Morgan fingerprint density at radius 3 is 2.93 bits per heavy atom. The smallest absolute Gasteiger partial charge is 0.214 e. The molecule has 82 valence electrons. The van der Waals surface area contributed by atoms with Crippen LogP contribution in [0, 0.1) is 11.9 Å². The summed E-state index contributed by atoms with van der Waals surface area (Å²) in [7, 11) is 0. The predicted octanol–water partition coefficient (Wildman–Crippen LogP) is 3.21. The molecule has 2 nitrogen and oxygen atoms in total. The lowest BCUT2D eigenvalue weighted by atomic mass is 10.1. The van der Waals surface area contributed by atoms with Crippen LogP contribution in [0.4, 0.5) is 10.2 Å². The van der Waals surface area contributed by atoms with Gasteiger partial charge < -0.3 is 5.32 Å². The summed E-state index contributed by atoms with van der Waals surface area (Å²) < 4.78 is 12.8. The van der Waals surface area contributed by atoms with Crippen LogP contribution in [0.3, 0.4) is 0 Å². The highest BCUT2D eigenvalue weighted by molar-refractivity contribution is 5.34. The van der Waals surface area contributed by atoms with Crippen molar-refractivity contribution in [3.63, 3.8) is 0 Å². The number of anilines is 1. The molecule has 0 aliphatic heterocycles. The summed E-state index contributed by atoms with van der Waals surface area (Å²) in [6, 6.07) is 5.31. The molecule has 1 aliphatic rings. The molecule has 1 aliphatic carbocycles. The van der Waals surface area contributed by atoms with Crippen LogP contribution in [0.15, 0.2) is 18.2 Å². The van der Waals surface area contributed by atoms with Gasteiger partial charge in [-0.05, 0) is 30.9 Å². The van der Waals surface area contributed by atoms with Crippen LogP contribution in [0.25, 0.3) is 0 Å². The van der Waals surface area contributed by atoms with Crippen molar-refractivity contribution in [2.24, 2.45) is 5.92 Å². The molecule has 2 rings (SSSR count). The van der Waals surface area contributed by atoms with E-state index < -0.39 is 5.95 Å². The molecule has 0 bridgehead atoms. The summed E-state index contributed by atoms with van der Waals surface area (Å²) in [6.45, 7) is 2.15. The van der Waals surface area contributed by atoms with Crippen molar-refractivity contribution in [1.82, 2.24) is 4.98 Å². The van der Waals surface area contributed by atoms with E-state index in [-0.39, 0.29) is 0 Å². The van der Waals surface area contributed by atoms with Crippen molar-refractivity contribution in [2.45, 2.75) is 38.6 Å². The summed E-state index contributed by atoms with van der Waals surface area (Å²) in [4.78, 5) is 3.81. The van der Waals surface area contributed by atoms with Crippen molar-refractivity contribution in [1.29, 1.82) is 0 Å². The highest BCUT2D eigenvalue weighted by Gasteiger charge is 2.24. The van der Waals surface area contributed by atoms with Gasteiger partial charge in [-0.2, -0.15) is 4.39 Å². The minimum atomic E-state index is -0.415. The van der Waals surface area contributed by atoms with E-state index in [9.17, 15) is 4.39 Å². The van der Waals surface area contributed by atoms with E-state index in [0.717, 1.165) is 12.3 Å². The van der Waals surface area contributed by atoms with Gasteiger partial charge in [0.15, 0.2) is 0 Å². The molecule has 1 aromatic heterocycles. The summed E-state index contributed by atoms with van der Waals surface area (Å²) in [5.41, 5.74) is 0. The molecule has 1 atom stereocenters. The van der Waals surface area contributed by atoms with E-state index in [1.807, 2.05) is 6.07 Å². The Hall–Kier alpha value is -1.12. The van der Waals surface area contributed by atoms with Crippen LogP contribution in [0.5, 0.6) is 0 Å². The van der Waals surface area contributed by atoms with E-state index in [0.29, 0.717) is 11.9 Å². The molecule has 0 saturated heterocycles. The number of halogens is 1. The fraction of sp³-hybridized carbons (Fsp3) is 0.583. The van der Waals surface area contributed by atoms with Gasteiger partial charge in [-0.15, -0.1) is 0 Å². The molecule has 0 amide bonds. The lowest BCUT2D eigenvalue weighted by Crippen LogP contribution is -2.19. The molecular weight excluding hydrogens is 191 g/mol. The van der Waals surface area contributed by atoms with Gasteiger partial charge in [0.25, 0.3) is 0 Å².